The van der Waals surface area contributed by atoms with Crippen molar-refractivity contribution in [2.45, 2.75) is 53.6 Å². The number of ether oxygens (including phenoxy) is 2. The van der Waals surface area contributed by atoms with Crippen molar-refractivity contribution in [1.82, 2.24) is 0 Å². The molecule has 0 spiro atoms. The fourth-order valence-electron chi connectivity index (χ4n) is 5.42. The van der Waals surface area contributed by atoms with E-state index in [0.717, 1.165) is 21.2 Å². The molecule has 1 aliphatic rings. The molecule has 0 amide bonds. The summed E-state index contributed by atoms with van der Waals surface area (Å²) in [6.07, 6.45) is 3.25. The van der Waals surface area contributed by atoms with Crippen LogP contribution in [0.4, 0.5) is 0 Å². The molecule has 220 valence electrons. The van der Waals surface area contributed by atoms with Gasteiger partial charge in [0.2, 0.25) is 0 Å². The van der Waals surface area contributed by atoms with E-state index < -0.39 is 35.8 Å². The van der Waals surface area contributed by atoms with Crippen molar-refractivity contribution in [2.75, 3.05) is 0 Å². The van der Waals surface area contributed by atoms with Crippen LogP contribution in [0.5, 0.6) is 11.5 Å². The standard InChI is InChI=1S/C36H39BrO5/c1-35(2,3)28-21-24(22-29(32(28)38)36(4,5)6)30(23-14-13-15-25(37)20-23)31(33(39)41-26-16-9-7-10-17-26)34(40)42-27-18-11-8-12-19-27/h7-22,24,30-32,38H,1-6H3/t24?,30-,32?/m1/s1. The summed E-state index contributed by atoms with van der Waals surface area (Å²) < 4.78 is 12.5. The van der Waals surface area contributed by atoms with Gasteiger partial charge in [0.15, 0.2) is 5.92 Å². The lowest BCUT2D eigenvalue weighted by molar-refractivity contribution is -0.152. The van der Waals surface area contributed by atoms with Gasteiger partial charge in [-0.1, -0.05) is 118 Å². The number of esters is 2. The fourth-order valence-corrected chi connectivity index (χ4v) is 5.83. The zero-order valence-corrected chi connectivity index (χ0v) is 26.6. The molecule has 0 aromatic heterocycles. The van der Waals surface area contributed by atoms with Crippen molar-refractivity contribution in [3.8, 4) is 11.5 Å². The third kappa shape index (κ3) is 7.47. The van der Waals surface area contributed by atoms with Crippen LogP contribution in [0, 0.1) is 22.7 Å². The number of hydrogen-bond donors (Lipinski definition) is 1. The van der Waals surface area contributed by atoms with Gasteiger partial charge in [0.05, 0.1) is 6.10 Å². The molecule has 1 aliphatic carbocycles. The maximum Gasteiger partial charge on any atom is 0.326 e. The Hall–Kier alpha value is -3.48. The summed E-state index contributed by atoms with van der Waals surface area (Å²) in [5.74, 6) is -3.20. The van der Waals surface area contributed by atoms with E-state index in [1.54, 1.807) is 48.5 Å². The van der Waals surface area contributed by atoms with Gasteiger partial charge in [-0.05, 0) is 63.9 Å². The molecule has 5 nitrogen and oxygen atoms in total. The number of carbonyl (C=O) groups is 2. The molecule has 0 heterocycles. The summed E-state index contributed by atoms with van der Waals surface area (Å²) in [4.78, 5) is 28.2. The number of hydrogen-bond acceptors (Lipinski definition) is 5. The summed E-state index contributed by atoms with van der Waals surface area (Å²) in [6, 6.07) is 25.1. The Morgan fingerprint density at radius 2 is 1.17 bits per heavy atom. The molecule has 1 atom stereocenters. The van der Waals surface area contributed by atoms with Crippen LogP contribution in [-0.2, 0) is 9.59 Å². The minimum absolute atomic E-state index is 0.337. The second kappa shape index (κ2) is 12.8. The van der Waals surface area contributed by atoms with Crippen molar-refractivity contribution < 1.29 is 24.2 Å². The Kier molecular flexibility index (Phi) is 9.59. The maximum absolute atomic E-state index is 14.1. The molecule has 4 rings (SSSR count). The number of aliphatic hydroxyl groups is 1. The first-order chi connectivity index (χ1) is 19.8. The summed E-state index contributed by atoms with van der Waals surface area (Å²) >= 11 is 3.58. The predicted octanol–water partition coefficient (Wildman–Crippen LogP) is 8.30. The van der Waals surface area contributed by atoms with E-state index in [1.807, 2.05) is 48.6 Å². The van der Waals surface area contributed by atoms with Crippen LogP contribution in [0.2, 0.25) is 0 Å². The molecule has 0 saturated carbocycles. The van der Waals surface area contributed by atoms with Crippen LogP contribution < -0.4 is 9.47 Å². The fraction of sp³-hybridized carbons (Fsp3) is 0.333. The second-order valence-corrected chi connectivity index (χ2v) is 13.7. The van der Waals surface area contributed by atoms with E-state index in [2.05, 4.69) is 57.5 Å². The lowest BCUT2D eigenvalue weighted by Crippen LogP contribution is -2.41. The minimum atomic E-state index is -1.32. The summed E-state index contributed by atoms with van der Waals surface area (Å²) in [5, 5.41) is 11.5. The zero-order valence-electron chi connectivity index (χ0n) is 25.0. The normalized spacial score (nSPS) is 18.1. The first-order valence-electron chi connectivity index (χ1n) is 14.2. The van der Waals surface area contributed by atoms with Crippen molar-refractivity contribution in [1.29, 1.82) is 0 Å². The molecule has 0 radical (unpaired) electrons. The highest BCUT2D eigenvalue weighted by molar-refractivity contribution is 9.10. The molecule has 0 bridgehead atoms. The SMILES string of the molecule is CC(C)(C)C1=CC([C@@H](c2cccc(Br)c2)C(C(=O)Oc2ccccc2)C(=O)Oc2ccccc2)C=C(C(C)(C)C)C1O. The average molecular weight is 632 g/mol. The molecule has 0 saturated heterocycles. The number of carbonyl (C=O) groups excluding carboxylic acids is 2. The molecule has 0 unspecified atom stereocenters. The van der Waals surface area contributed by atoms with Gasteiger partial charge in [0, 0.05) is 16.3 Å². The highest BCUT2D eigenvalue weighted by Gasteiger charge is 2.45. The lowest BCUT2D eigenvalue weighted by atomic mass is 9.65. The van der Waals surface area contributed by atoms with Crippen molar-refractivity contribution in [3.05, 3.63) is 118 Å². The molecule has 3 aromatic carbocycles. The van der Waals surface area contributed by atoms with Crippen molar-refractivity contribution >= 4 is 27.9 Å². The van der Waals surface area contributed by atoms with Gasteiger partial charge in [-0.25, -0.2) is 0 Å². The van der Waals surface area contributed by atoms with Crippen LogP contribution in [0.1, 0.15) is 53.0 Å². The van der Waals surface area contributed by atoms with Gasteiger partial charge in [-0.3, -0.25) is 9.59 Å². The number of halogens is 1. The lowest BCUT2D eigenvalue weighted by Gasteiger charge is -2.41. The van der Waals surface area contributed by atoms with Crippen LogP contribution >= 0.6 is 15.9 Å². The Labute approximate surface area is 257 Å². The van der Waals surface area contributed by atoms with Gasteiger partial charge in [0.25, 0.3) is 0 Å². The molecule has 42 heavy (non-hydrogen) atoms. The predicted molar refractivity (Wildman–Crippen MR) is 169 cm³/mol. The van der Waals surface area contributed by atoms with E-state index in [-0.39, 0.29) is 10.8 Å². The summed E-state index contributed by atoms with van der Waals surface area (Å²) in [7, 11) is 0. The first-order valence-corrected chi connectivity index (χ1v) is 15.0. The number of aliphatic hydroxyl groups excluding tert-OH is 1. The molecular formula is C36H39BrO5. The third-order valence-electron chi connectivity index (χ3n) is 7.50. The average Bonchev–Trinajstić information content (AvgIpc) is 2.91. The van der Waals surface area contributed by atoms with E-state index in [9.17, 15) is 14.7 Å². The van der Waals surface area contributed by atoms with Gasteiger partial charge < -0.3 is 14.6 Å². The zero-order chi connectivity index (χ0) is 30.7. The van der Waals surface area contributed by atoms with E-state index in [1.165, 1.54) is 0 Å². The smallest absolute Gasteiger partial charge is 0.326 e. The van der Waals surface area contributed by atoms with Crippen molar-refractivity contribution in [2.24, 2.45) is 22.7 Å². The van der Waals surface area contributed by atoms with Crippen molar-refractivity contribution in [3.63, 3.8) is 0 Å². The Balaban J connectivity index is 1.93. The number of benzene rings is 3. The number of rotatable bonds is 7. The van der Waals surface area contributed by atoms with Crippen LogP contribution in [0.15, 0.2) is 113 Å². The number of allylic oxidation sites excluding steroid dienone is 2. The van der Waals surface area contributed by atoms with E-state index >= 15 is 0 Å². The molecule has 0 aliphatic heterocycles. The van der Waals surface area contributed by atoms with Crippen LogP contribution in [0.3, 0.4) is 0 Å². The van der Waals surface area contributed by atoms with Gasteiger partial charge in [0.1, 0.15) is 11.5 Å². The van der Waals surface area contributed by atoms with E-state index in [4.69, 9.17) is 9.47 Å². The van der Waals surface area contributed by atoms with Gasteiger partial charge >= 0.3 is 11.9 Å². The maximum atomic E-state index is 14.1. The van der Waals surface area contributed by atoms with Gasteiger partial charge in [-0.2, -0.15) is 0 Å². The Morgan fingerprint density at radius 3 is 1.57 bits per heavy atom. The monoisotopic (exact) mass is 630 g/mol. The topological polar surface area (TPSA) is 72.8 Å². The number of para-hydroxylation sites is 2. The first kappa shape index (κ1) is 31.5. The minimum Gasteiger partial charge on any atom is -0.426 e. The Morgan fingerprint density at radius 1 is 0.714 bits per heavy atom. The quantitative estimate of drug-likeness (QED) is 0.123. The van der Waals surface area contributed by atoms with Crippen LogP contribution in [0.25, 0.3) is 0 Å². The Bertz CT molecular complexity index is 1380. The second-order valence-electron chi connectivity index (χ2n) is 12.8. The molecule has 6 heteroatoms. The molecule has 0 fully saturated rings. The highest BCUT2D eigenvalue weighted by atomic mass is 79.9. The molecular weight excluding hydrogens is 592 g/mol. The highest BCUT2D eigenvalue weighted by Crippen LogP contribution is 2.47. The summed E-state index contributed by atoms with van der Waals surface area (Å²) in [5.41, 5.74) is 1.71. The largest absolute Gasteiger partial charge is 0.426 e. The van der Waals surface area contributed by atoms with E-state index in [0.29, 0.717) is 11.5 Å². The molecule has 1 N–H and O–H groups in total. The molecule has 3 aromatic rings. The van der Waals surface area contributed by atoms with Crippen LogP contribution in [-0.4, -0.2) is 23.1 Å². The third-order valence-corrected chi connectivity index (χ3v) is 8.00. The summed E-state index contributed by atoms with van der Waals surface area (Å²) in [6.45, 7) is 12.4. The van der Waals surface area contributed by atoms with Gasteiger partial charge in [-0.15, -0.1) is 0 Å².